The Morgan fingerprint density at radius 2 is 2.00 bits per heavy atom. The highest BCUT2D eigenvalue weighted by Crippen LogP contribution is 2.34. The van der Waals surface area contributed by atoms with Gasteiger partial charge in [-0.25, -0.2) is 0 Å². The van der Waals surface area contributed by atoms with E-state index in [2.05, 4.69) is 5.10 Å². The van der Waals surface area contributed by atoms with Gasteiger partial charge < -0.3 is 9.84 Å². The molecule has 5 nitrogen and oxygen atoms in total. The zero-order chi connectivity index (χ0) is 16.2. The van der Waals surface area contributed by atoms with E-state index in [0.717, 1.165) is 16.7 Å². The first kappa shape index (κ1) is 14.8. The van der Waals surface area contributed by atoms with Crippen LogP contribution < -0.4 is 4.74 Å². The first-order valence-corrected chi connectivity index (χ1v) is 7.14. The van der Waals surface area contributed by atoms with Gasteiger partial charge in [0, 0.05) is 11.8 Å². The van der Waals surface area contributed by atoms with Gasteiger partial charge in [-0.1, -0.05) is 30.3 Å². The third-order valence-electron chi connectivity index (χ3n) is 3.61. The number of carbonyl (C=O) groups is 1. The molecule has 0 aliphatic heterocycles. The van der Waals surface area contributed by atoms with E-state index in [1.807, 2.05) is 41.2 Å². The lowest BCUT2D eigenvalue weighted by Crippen LogP contribution is -1.99. The Bertz CT molecular complexity index is 826. The number of hydrogen-bond acceptors (Lipinski definition) is 4. The largest absolute Gasteiger partial charge is 0.504 e. The summed E-state index contributed by atoms with van der Waals surface area (Å²) in [4.78, 5) is 11.1. The van der Waals surface area contributed by atoms with E-state index in [9.17, 15) is 9.90 Å². The molecule has 1 N–H and O–H groups in total. The van der Waals surface area contributed by atoms with Crippen LogP contribution in [-0.4, -0.2) is 28.3 Å². The van der Waals surface area contributed by atoms with Crippen molar-refractivity contribution in [2.45, 2.75) is 6.54 Å². The number of methoxy groups -OCH3 is 1. The van der Waals surface area contributed by atoms with Gasteiger partial charge in [-0.15, -0.1) is 0 Å². The third-order valence-corrected chi connectivity index (χ3v) is 3.61. The Labute approximate surface area is 133 Å². The van der Waals surface area contributed by atoms with Gasteiger partial charge in [0.15, 0.2) is 17.8 Å². The third kappa shape index (κ3) is 3.08. The van der Waals surface area contributed by atoms with Gasteiger partial charge >= 0.3 is 0 Å². The van der Waals surface area contributed by atoms with Crippen molar-refractivity contribution in [2.75, 3.05) is 7.11 Å². The van der Waals surface area contributed by atoms with E-state index in [-0.39, 0.29) is 17.1 Å². The molecule has 0 saturated heterocycles. The average molecular weight is 308 g/mol. The maximum absolute atomic E-state index is 11.1. The number of aldehydes is 1. The van der Waals surface area contributed by atoms with Crippen LogP contribution in [0.5, 0.6) is 11.5 Å². The molecule has 3 aromatic rings. The van der Waals surface area contributed by atoms with Gasteiger partial charge in [-0.2, -0.15) is 5.10 Å². The Kier molecular flexibility index (Phi) is 4.10. The summed E-state index contributed by atoms with van der Waals surface area (Å²) < 4.78 is 6.94. The van der Waals surface area contributed by atoms with Crippen LogP contribution >= 0.6 is 0 Å². The second-order valence-corrected chi connectivity index (χ2v) is 5.15. The summed E-state index contributed by atoms with van der Waals surface area (Å²) in [6.07, 6.45) is 4.23. The lowest BCUT2D eigenvalue weighted by Gasteiger charge is -2.08. The van der Waals surface area contributed by atoms with Crippen molar-refractivity contribution in [1.29, 1.82) is 0 Å². The van der Waals surface area contributed by atoms with Crippen molar-refractivity contribution < 1.29 is 14.6 Å². The number of phenols is 1. The fourth-order valence-corrected chi connectivity index (χ4v) is 2.41. The molecular formula is C18H16N2O3. The first-order valence-electron chi connectivity index (χ1n) is 7.14. The van der Waals surface area contributed by atoms with Crippen LogP contribution in [0.1, 0.15) is 15.9 Å². The highest BCUT2D eigenvalue weighted by Gasteiger charge is 2.12. The monoisotopic (exact) mass is 308 g/mol. The molecular weight excluding hydrogens is 292 g/mol. The quantitative estimate of drug-likeness (QED) is 0.736. The molecule has 0 fully saturated rings. The number of rotatable bonds is 5. The number of aromatic hydroxyl groups is 1. The minimum Gasteiger partial charge on any atom is -0.504 e. The highest BCUT2D eigenvalue weighted by molar-refractivity contribution is 5.84. The molecule has 5 heteroatoms. The van der Waals surface area contributed by atoms with Crippen molar-refractivity contribution in [3.05, 3.63) is 66.0 Å². The molecule has 0 spiro atoms. The predicted molar refractivity (Wildman–Crippen MR) is 86.8 cm³/mol. The standard InChI is InChI=1S/C18H16N2O3/c1-23-17-8-14(7-15(12-21)18(17)22)16-9-19-20(11-16)10-13-5-3-2-4-6-13/h2-9,11-12,22H,10H2,1H3. The van der Waals surface area contributed by atoms with E-state index in [0.29, 0.717) is 12.8 Å². The van der Waals surface area contributed by atoms with Gasteiger partial charge in [-0.3, -0.25) is 9.48 Å². The highest BCUT2D eigenvalue weighted by atomic mass is 16.5. The molecule has 0 saturated carbocycles. The zero-order valence-corrected chi connectivity index (χ0v) is 12.6. The Hall–Kier alpha value is -3.08. The smallest absolute Gasteiger partial charge is 0.168 e. The maximum Gasteiger partial charge on any atom is 0.168 e. The number of benzene rings is 2. The molecule has 0 bridgehead atoms. The van der Waals surface area contributed by atoms with Crippen LogP contribution in [0.2, 0.25) is 0 Å². The van der Waals surface area contributed by atoms with Crippen molar-refractivity contribution in [3.8, 4) is 22.6 Å². The van der Waals surface area contributed by atoms with Crippen molar-refractivity contribution >= 4 is 6.29 Å². The lowest BCUT2D eigenvalue weighted by atomic mass is 10.1. The molecule has 3 rings (SSSR count). The van der Waals surface area contributed by atoms with Crippen LogP contribution in [0.4, 0.5) is 0 Å². The van der Waals surface area contributed by atoms with E-state index in [1.54, 1.807) is 18.3 Å². The molecule has 116 valence electrons. The Balaban J connectivity index is 1.92. The summed E-state index contributed by atoms with van der Waals surface area (Å²) in [5.74, 6) is 0.114. The second kappa shape index (κ2) is 6.36. The maximum atomic E-state index is 11.1. The van der Waals surface area contributed by atoms with Crippen LogP contribution in [0.25, 0.3) is 11.1 Å². The summed E-state index contributed by atoms with van der Waals surface area (Å²) in [6, 6.07) is 13.3. The summed E-state index contributed by atoms with van der Waals surface area (Å²) in [5, 5.41) is 14.2. The Morgan fingerprint density at radius 1 is 1.22 bits per heavy atom. The topological polar surface area (TPSA) is 64.4 Å². The predicted octanol–water partition coefficient (Wildman–Crippen LogP) is 3.13. The molecule has 0 aliphatic carbocycles. The fraction of sp³-hybridized carbons (Fsp3) is 0.111. The van der Waals surface area contributed by atoms with Crippen molar-refractivity contribution in [2.24, 2.45) is 0 Å². The number of phenolic OH excluding ortho intramolecular Hbond substituents is 1. The second-order valence-electron chi connectivity index (χ2n) is 5.15. The van der Waals surface area contributed by atoms with E-state index < -0.39 is 0 Å². The molecule has 1 aromatic heterocycles. The summed E-state index contributed by atoms with van der Waals surface area (Å²) in [7, 11) is 1.45. The van der Waals surface area contributed by atoms with Crippen LogP contribution in [0.3, 0.4) is 0 Å². The molecule has 2 aromatic carbocycles. The SMILES string of the molecule is COc1cc(-c2cnn(Cc3ccccc3)c2)cc(C=O)c1O. The average Bonchev–Trinajstić information content (AvgIpc) is 3.04. The van der Waals surface area contributed by atoms with E-state index in [1.165, 1.54) is 7.11 Å². The molecule has 1 heterocycles. The zero-order valence-electron chi connectivity index (χ0n) is 12.6. The van der Waals surface area contributed by atoms with Gasteiger partial charge in [0.1, 0.15) is 0 Å². The van der Waals surface area contributed by atoms with E-state index in [4.69, 9.17) is 4.74 Å². The van der Waals surface area contributed by atoms with E-state index >= 15 is 0 Å². The molecule has 0 radical (unpaired) electrons. The molecule has 23 heavy (non-hydrogen) atoms. The molecule has 0 amide bonds. The van der Waals surface area contributed by atoms with Crippen LogP contribution in [0, 0.1) is 0 Å². The Morgan fingerprint density at radius 3 is 2.70 bits per heavy atom. The van der Waals surface area contributed by atoms with Crippen LogP contribution in [0.15, 0.2) is 54.9 Å². The number of hydrogen-bond donors (Lipinski definition) is 1. The number of ether oxygens (including phenoxy) is 1. The lowest BCUT2D eigenvalue weighted by molar-refractivity contribution is 0.112. The summed E-state index contributed by atoms with van der Waals surface area (Å²) >= 11 is 0. The normalized spacial score (nSPS) is 10.5. The van der Waals surface area contributed by atoms with Gasteiger partial charge in [-0.05, 0) is 23.3 Å². The first-order chi connectivity index (χ1) is 11.2. The van der Waals surface area contributed by atoms with Gasteiger partial charge in [0.25, 0.3) is 0 Å². The minimum absolute atomic E-state index is 0.150. The number of aromatic nitrogens is 2. The van der Waals surface area contributed by atoms with Gasteiger partial charge in [0.05, 0.1) is 25.4 Å². The van der Waals surface area contributed by atoms with Crippen molar-refractivity contribution in [3.63, 3.8) is 0 Å². The molecule has 0 atom stereocenters. The van der Waals surface area contributed by atoms with Gasteiger partial charge in [0.2, 0.25) is 0 Å². The van der Waals surface area contributed by atoms with Crippen molar-refractivity contribution in [1.82, 2.24) is 9.78 Å². The van der Waals surface area contributed by atoms with Crippen LogP contribution in [-0.2, 0) is 6.54 Å². The summed E-state index contributed by atoms with van der Waals surface area (Å²) in [5.41, 5.74) is 2.96. The number of nitrogens with zero attached hydrogens (tertiary/aromatic N) is 2. The fourth-order valence-electron chi connectivity index (χ4n) is 2.41. The summed E-state index contributed by atoms with van der Waals surface area (Å²) in [6.45, 7) is 0.663. The minimum atomic E-state index is -0.150. The molecule has 0 unspecified atom stereocenters. The molecule has 0 aliphatic rings. The number of carbonyl (C=O) groups excluding carboxylic acids is 1.